The molecule has 1 fully saturated rings. The van der Waals surface area contributed by atoms with E-state index in [-0.39, 0.29) is 52.5 Å². The quantitative estimate of drug-likeness (QED) is 0.323. The maximum atomic E-state index is 15.0. The monoisotopic (exact) mass is 857 g/mol. The van der Waals surface area contributed by atoms with Crippen molar-refractivity contribution in [2.24, 2.45) is 23.7 Å². The number of carbonyl (C=O) groups excluding carboxylic acids is 5. The second kappa shape index (κ2) is 18.2. The third kappa shape index (κ3) is 8.48. The second-order valence-electron chi connectivity index (χ2n) is 16.5. The summed E-state index contributed by atoms with van der Waals surface area (Å²) in [5, 5.41) is 37.2. The van der Waals surface area contributed by atoms with Crippen LogP contribution in [0.5, 0.6) is 11.5 Å². The predicted octanol–water partition coefficient (Wildman–Crippen LogP) is 3.57. The first-order valence-corrected chi connectivity index (χ1v) is 20.6. The Morgan fingerprint density at radius 2 is 1.53 bits per heavy atom. The molecule has 62 heavy (non-hydrogen) atoms. The predicted molar refractivity (Wildman–Crippen MR) is 224 cm³/mol. The Morgan fingerprint density at radius 1 is 0.887 bits per heavy atom. The largest absolute Gasteiger partial charge is 0.507 e. The van der Waals surface area contributed by atoms with Gasteiger partial charge in [0.15, 0.2) is 0 Å². The minimum Gasteiger partial charge on any atom is -0.507 e. The van der Waals surface area contributed by atoms with Crippen LogP contribution in [0, 0.1) is 30.6 Å². The number of amides is 1. The summed E-state index contributed by atoms with van der Waals surface area (Å²) in [6.45, 7) is 13.5. The number of esters is 1. The van der Waals surface area contributed by atoms with Gasteiger partial charge in [-0.25, -0.2) is 9.97 Å². The molecule has 1 aromatic carbocycles. The average molecular weight is 858 g/mol. The number of carbonyl (C=O) groups is 5. The molecule has 5 aliphatic rings. The number of rotatable bonds is 4. The molecule has 1 aliphatic carbocycles. The molecule has 0 saturated carbocycles. The fraction of sp³-hybridized carbons (Fsp3) is 0.489. The van der Waals surface area contributed by atoms with Crippen LogP contribution in [0.3, 0.4) is 0 Å². The molecule has 17 nitrogen and oxygen atoms in total. The van der Waals surface area contributed by atoms with Gasteiger partial charge in [0.1, 0.15) is 29.0 Å². The van der Waals surface area contributed by atoms with Crippen LogP contribution < -0.4 is 15.0 Å². The number of allylic oxidation sites excluding steroid dienone is 4. The van der Waals surface area contributed by atoms with Crippen molar-refractivity contribution in [1.82, 2.24) is 20.2 Å². The second-order valence-corrected chi connectivity index (χ2v) is 16.5. The maximum absolute atomic E-state index is 15.0. The van der Waals surface area contributed by atoms with E-state index >= 15 is 0 Å². The third-order valence-corrected chi connectivity index (χ3v) is 12.4. The molecule has 1 aromatic heterocycles. The number of hydrogen-bond donors (Lipinski definition) is 4. The highest BCUT2D eigenvalue weighted by atomic mass is 16.7. The standard InChI is InChI=1S/C45H55N5O12/c1-22-12-10-13-23(2)43(58)48-33-34(49-17-19-50(20-18-49)44-46-15-11-16-47-44)39(56)30-31(38(33)55)37(54)27(6)41-32(30)42(57)45(8,62-41)60-21-14-29(59-9)24(3)40(61-28(7)51)26(5)36(53)25(4)35(22)52/h10-16,21-22,24-26,29,35-36,40,52-54H,17-20H2,1-9H3,(H,48,58)/t22-,24+,25+,26-,29-,35-,36-,40+,45-/m0/s1. The topological polar surface area (TPSA) is 227 Å². The maximum Gasteiger partial charge on any atom is 0.312 e. The molecule has 5 bridgehead atoms. The number of benzene rings is 1. The molecule has 4 N–H and O–H groups in total. The fourth-order valence-corrected chi connectivity index (χ4v) is 8.56. The molecule has 332 valence electrons. The van der Waals surface area contributed by atoms with Gasteiger partial charge in [0.25, 0.3) is 11.7 Å². The Hall–Kier alpha value is -5.91. The van der Waals surface area contributed by atoms with Crippen molar-refractivity contribution in [2.45, 2.75) is 85.6 Å². The zero-order valence-electron chi connectivity index (χ0n) is 36.4. The number of methoxy groups -OCH3 is 1. The zero-order valence-corrected chi connectivity index (χ0v) is 36.4. The molecular formula is C45H55N5O12. The van der Waals surface area contributed by atoms with E-state index in [0.717, 1.165) is 0 Å². The minimum absolute atomic E-state index is 0.00686. The molecule has 9 atom stereocenters. The number of ketones is 3. The number of fused-ring (bicyclic) bond motifs is 14. The van der Waals surface area contributed by atoms with E-state index in [2.05, 4.69) is 15.3 Å². The van der Waals surface area contributed by atoms with E-state index in [0.29, 0.717) is 19.0 Å². The lowest BCUT2D eigenvalue weighted by Gasteiger charge is -2.38. The van der Waals surface area contributed by atoms with E-state index < -0.39 is 94.4 Å². The van der Waals surface area contributed by atoms with Crippen molar-refractivity contribution >= 4 is 35.2 Å². The molecule has 17 heteroatoms. The van der Waals surface area contributed by atoms with Gasteiger partial charge in [-0.05, 0) is 26.0 Å². The van der Waals surface area contributed by atoms with Crippen molar-refractivity contribution < 1.29 is 58.2 Å². The average Bonchev–Trinajstić information content (AvgIpc) is 3.52. The van der Waals surface area contributed by atoms with Gasteiger partial charge < -0.3 is 49.4 Å². The van der Waals surface area contributed by atoms with E-state index in [1.807, 2.05) is 4.90 Å². The number of nitrogens with one attached hydrogen (secondary N) is 1. The lowest BCUT2D eigenvalue weighted by atomic mass is 9.78. The van der Waals surface area contributed by atoms with Crippen molar-refractivity contribution in [3.05, 3.63) is 88.2 Å². The molecule has 1 amide bonds. The van der Waals surface area contributed by atoms with Crippen LogP contribution in [0.15, 0.2) is 66.0 Å². The van der Waals surface area contributed by atoms with Crippen LogP contribution in [-0.2, 0) is 23.8 Å². The smallest absolute Gasteiger partial charge is 0.312 e. The summed E-state index contributed by atoms with van der Waals surface area (Å²) in [4.78, 5) is 82.7. The normalized spacial score (nSPS) is 29.9. The van der Waals surface area contributed by atoms with Crippen LogP contribution in [0.25, 0.3) is 0 Å². The SMILES string of the molecule is CO[C@H]1C=CO[C@@]2(C)Oc3c(C)c(O)c4c(c3C2=O)C(=O)C(N2CCN(c3ncccn3)CC2)=C(NC(=O)C(C)=CC=C[C@H](C)[C@H](O)[C@@H](C)[C@H](O)[C@H](C)[C@H](OC(C)=O)[C@@H]1C)C4=O. The van der Waals surface area contributed by atoms with E-state index in [4.69, 9.17) is 18.9 Å². The lowest BCUT2D eigenvalue weighted by molar-refractivity contribution is -0.160. The number of aliphatic hydroxyl groups excluding tert-OH is 2. The van der Waals surface area contributed by atoms with Crippen molar-refractivity contribution in [3.8, 4) is 11.5 Å². The Balaban J connectivity index is 1.47. The van der Waals surface area contributed by atoms with Gasteiger partial charge in [-0.3, -0.25) is 24.0 Å². The molecule has 5 heterocycles. The highest BCUT2D eigenvalue weighted by Gasteiger charge is 2.53. The molecule has 2 aromatic rings. The van der Waals surface area contributed by atoms with Crippen LogP contribution >= 0.6 is 0 Å². The summed E-state index contributed by atoms with van der Waals surface area (Å²) in [7, 11) is 1.43. The number of aliphatic hydroxyl groups is 2. The van der Waals surface area contributed by atoms with Gasteiger partial charge in [-0.1, -0.05) is 45.9 Å². The number of hydrogen-bond acceptors (Lipinski definition) is 16. The molecule has 0 radical (unpaired) electrons. The molecule has 7 rings (SSSR count). The van der Waals surface area contributed by atoms with Crippen LogP contribution in [-0.4, -0.2) is 123 Å². The first kappa shape index (κ1) is 45.6. The van der Waals surface area contributed by atoms with Crippen molar-refractivity contribution in [2.75, 3.05) is 38.2 Å². The van der Waals surface area contributed by atoms with Crippen LogP contribution in [0.2, 0.25) is 0 Å². The summed E-state index contributed by atoms with van der Waals surface area (Å²) in [5.74, 6) is -8.76. The number of nitrogens with zero attached hydrogens (tertiary/aromatic N) is 4. The van der Waals surface area contributed by atoms with Crippen LogP contribution in [0.1, 0.15) is 85.1 Å². The first-order valence-electron chi connectivity index (χ1n) is 20.6. The number of ether oxygens (including phenoxy) is 4. The number of aromatic nitrogens is 2. The molecular weight excluding hydrogens is 803 g/mol. The van der Waals surface area contributed by atoms with Gasteiger partial charge in [0, 0.05) is 94.3 Å². The van der Waals surface area contributed by atoms with Gasteiger partial charge >= 0.3 is 11.8 Å². The number of phenolic OH excluding ortho intramolecular Hbond substituents is 1. The van der Waals surface area contributed by atoms with Crippen molar-refractivity contribution in [1.29, 1.82) is 0 Å². The summed E-state index contributed by atoms with van der Waals surface area (Å²) in [5.41, 5.74) is -1.54. The third-order valence-electron chi connectivity index (χ3n) is 12.4. The fourth-order valence-electron chi connectivity index (χ4n) is 8.56. The molecule has 0 spiro atoms. The van der Waals surface area contributed by atoms with E-state index in [1.165, 1.54) is 53.2 Å². The molecule has 4 aliphatic heterocycles. The van der Waals surface area contributed by atoms with Gasteiger partial charge in [0.2, 0.25) is 17.5 Å². The highest BCUT2D eigenvalue weighted by molar-refractivity contribution is 6.32. The Morgan fingerprint density at radius 3 is 2.16 bits per heavy atom. The van der Waals surface area contributed by atoms with Crippen molar-refractivity contribution in [3.63, 3.8) is 0 Å². The summed E-state index contributed by atoms with van der Waals surface area (Å²) < 4.78 is 23.6. The summed E-state index contributed by atoms with van der Waals surface area (Å²) >= 11 is 0. The van der Waals surface area contributed by atoms with E-state index in [9.17, 15) is 39.3 Å². The Labute approximate surface area is 360 Å². The van der Waals surface area contributed by atoms with Gasteiger partial charge in [-0.15, -0.1) is 0 Å². The number of anilines is 1. The zero-order chi connectivity index (χ0) is 45.4. The molecule has 0 unspecified atom stereocenters. The van der Waals surface area contributed by atoms with E-state index in [1.54, 1.807) is 63.2 Å². The lowest BCUT2D eigenvalue weighted by Crippen LogP contribution is -2.50. The summed E-state index contributed by atoms with van der Waals surface area (Å²) in [6.07, 6.45) is 6.63. The number of Topliss-reactive ketones (excluding diaryl/α,β-unsaturated/α-hetero) is 3. The number of piperazine rings is 1. The Bertz CT molecular complexity index is 2250. The minimum atomic E-state index is -2.10. The van der Waals surface area contributed by atoms with Gasteiger partial charge in [0.05, 0.1) is 41.3 Å². The van der Waals surface area contributed by atoms with Crippen LogP contribution in [0.4, 0.5) is 5.95 Å². The van der Waals surface area contributed by atoms with Gasteiger partial charge in [-0.2, -0.15) is 0 Å². The first-order chi connectivity index (χ1) is 29.3. The Kier molecular flexibility index (Phi) is 13.4. The number of aromatic hydroxyl groups is 1. The number of phenols is 1. The highest BCUT2D eigenvalue weighted by Crippen LogP contribution is 2.49. The molecule has 1 saturated heterocycles. The summed E-state index contributed by atoms with van der Waals surface area (Å²) in [6, 6.07) is 1.69.